The van der Waals surface area contributed by atoms with Crippen LogP contribution in [-0.2, 0) is 19.6 Å². The van der Waals surface area contributed by atoms with Gasteiger partial charge in [0.1, 0.15) is 6.04 Å². The summed E-state index contributed by atoms with van der Waals surface area (Å²) in [6, 6.07) is 11.5. The molecule has 1 atom stereocenters. The number of hydrogen-bond donors (Lipinski definition) is 2. The zero-order chi connectivity index (χ0) is 18.7. The van der Waals surface area contributed by atoms with Crippen LogP contribution in [0.3, 0.4) is 0 Å². The fraction of sp³-hybridized carbons (Fsp3) is 0.333. The Labute approximate surface area is 152 Å². The number of piperidine rings is 1. The Kier molecular flexibility index (Phi) is 5.24. The molecule has 3 rings (SSSR count). The van der Waals surface area contributed by atoms with Crippen molar-refractivity contribution in [2.45, 2.75) is 37.1 Å². The number of hydrogen-bond acceptors (Lipinski definition) is 4. The number of benzene rings is 2. The zero-order valence-corrected chi connectivity index (χ0v) is 15.3. The molecule has 7 nitrogen and oxygen atoms in total. The smallest absolute Gasteiger partial charge is 0.257 e. The summed E-state index contributed by atoms with van der Waals surface area (Å²) in [6.45, 7) is 1.91. The first-order valence-corrected chi connectivity index (χ1v) is 9.94. The maximum atomic E-state index is 12.5. The first kappa shape index (κ1) is 18.3. The van der Waals surface area contributed by atoms with Gasteiger partial charge < -0.3 is 4.90 Å². The molecular weight excluding hydrogens is 354 g/mol. The molecule has 2 N–H and O–H groups in total. The van der Waals surface area contributed by atoms with E-state index in [0.29, 0.717) is 13.0 Å². The summed E-state index contributed by atoms with van der Waals surface area (Å²) in [5.41, 5.74) is 2.25. The second kappa shape index (κ2) is 7.43. The molecule has 26 heavy (non-hydrogen) atoms. The third-order valence-electron chi connectivity index (χ3n) is 4.55. The minimum absolute atomic E-state index is 0.0589. The van der Waals surface area contributed by atoms with E-state index >= 15 is 0 Å². The van der Waals surface area contributed by atoms with Crippen molar-refractivity contribution in [2.24, 2.45) is 0 Å². The van der Waals surface area contributed by atoms with Crippen molar-refractivity contribution < 1.29 is 18.0 Å². The fourth-order valence-electron chi connectivity index (χ4n) is 3.18. The lowest BCUT2D eigenvalue weighted by atomic mass is 10.0. The van der Waals surface area contributed by atoms with Crippen molar-refractivity contribution in [1.82, 2.24) is 15.2 Å². The minimum Gasteiger partial charge on any atom is -0.331 e. The normalized spacial score (nSPS) is 17.9. The molecule has 1 heterocycles. The van der Waals surface area contributed by atoms with Gasteiger partial charge in [-0.3, -0.25) is 15.0 Å². The number of likely N-dealkylation sites (tertiary alicyclic amines) is 1. The lowest BCUT2D eigenvalue weighted by Crippen LogP contribution is -2.55. The van der Waals surface area contributed by atoms with Crippen LogP contribution >= 0.6 is 0 Å². The Hall–Kier alpha value is -2.45. The van der Waals surface area contributed by atoms with E-state index in [1.165, 1.54) is 17.9 Å². The van der Waals surface area contributed by atoms with Crippen molar-refractivity contribution in [3.8, 4) is 0 Å². The second-order valence-electron chi connectivity index (χ2n) is 6.33. The van der Waals surface area contributed by atoms with E-state index in [1.807, 2.05) is 24.3 Å². The Bertz CT molecular complexity index is 942. The lowest BCUT2D eigenvalue weighted by molar-refractivity contribution is -0.140. The molecule has 0 spiro atoms. The quantitative estimate of drug-likeness (QED) is 0.793. The number of hydrazine groups is 1. The monoisotopic (exact) mass is 375 g/mol. The number of rotatable bonds is 4. The summed E-state index contributed by atoms with van der Waals surface area (Å²) in [7, 11) is -3.91. The number of carbonyl (C=O) groups excluding carboxylic acids is 2. The minimum atomic E-state index is -3.91. The summed E-state index contributed by atoms with van der Waals surface area (Å²) < 4.78 is 24.9. The average molecular weight is 375 g/mol. The van der Waals surface area contributed by atoms with E-state index in [9.17, 15) is 18.0 Å². The van der Waals surface area contributed by atoms with E-state index < -0.39 is 22.0 Å². The summed E-state index contributed by atoms with van der Waals surface area (Å²) in [5.74, 6) is -0.716. The first-order valence-electron chi connectivity index (χ1n) is 8.46. The van der Waals surface area contributed by atoms with Gasteiger partial charge in [0.2, 0.25) is 5.91 Å². The van der Waals surface area contributed by atoms with Gasteiger partial charge in [-0.1, -0.05) is 30.3 Å². The molecule has 0 saturated carbocycles. The van der Waals surface area contributed by atoms with Crippen LogP contribution in [0.2, 0.25) is 0 Å². The van der Waals surface area contributed by atoms with E-state index in [2.05, 4.69) is 10.3 Å². The van der Waals surface area contributed by atoms with Crippen molar-refractivity contribution in [3.05, 3.63) is 42.5 Å². The molecule has 1 aliphatic rings. The highest BCUT2D eigenvalue weighted by Crippen LogP contribution is 2.19. The summed E-state index contributed by atoms with van der Waals surface area (Å²) in [4.78, 5) is 27.7. The van der Waals surface area contributed by atoms with Crippen LogP contribution in [0.5, 0.6) is 0 Å². The molecule has 1 aliphatic heterocycles. The van der Waals surface area contributed by atoms with Gasteiger partial charge >= 0.3 is 0 Å². The number of fused-ring (bicyclic) bond motifs is 1. The summed E-state index contributed by atoms with van der Waals surface area (Å²) in [6.07, 6.45) is 2.18. The molecule has 0 radical (unpaired) electrons. The molecule has 2 aromatic carbocycles. The molecular formula is C18H21N3O4S. The van der Waals surface area contributed by atoms with E-state index in [0.717, 1.165) is 23.6 Å². The second-order valence-corrected chi connectivity index (χ2v) is 8.01. The SMILES string of the molecule is CC(=O)N1CCCCC1C(=O)NNS(=O)(=O)c1ccc2ccccc2c1. The molecule has 0 bridgehead atoms. The molecule has 1 fully saturated rings. The van der Waals surface area contributed by atoms with Crippen LogP contribution in [0.25, 0.3) is 10.8 Å². The molecule has 1 saturated heterocycles. The Morgan fingerprint density at radius 3 is 2.54 bits per heavy atom. The van der Waals surface area contributed by atoms with E-state index in [1.54, 1.807) is 12.1 Å². The maximum absolute atomic E-state index is 12.5. The van der Waals surface area contributed by atoms with Gasteiger partial charge in [-0.15, -0.1) is 4.83 Å². The van der Waals surface area contributed by atoms with E-state index in [4.69, 9.17) is 0 Å². The van der Waals surface area contributed by atoms with Crippen LogP contribution in [0.1, 0.15) is 26.2 Å². The van der Waals surface area contributed by atoms with Crippen molar-refractivity contribution in [2.75, 3.05) is 6.54 Å². The third-order valence-corrected chi connectivity index (χ3v) is 5.80. The largest absolute Gasteiger partial charge is 0.331 e. The standard InChI is InChI=1S/C18H21N3O4S/c1-13(22)21-11-5-4-8-17(21)18(23)19-20-26(24,25)16-10-9-14-6-2-3-7-15(14)12-16/h2-3,6-7,9-10,12,17,20H,4-5,8,11H2,1H3,(H,19,23). The number of nitrogens with zero attached hydrogens (tertiary/aromatic N) is 1. The van der Waals surface area contributed by atoms with Gasteiger partial charge in [0, 0.05) is 13.5 Å². The first-order chi connectivity index (χ1) is 12.4. The summed E-state index contributed by atoms with van der Waals surface area (Å²) >= 11 is 0. The number of nitrogens with one attached hydrogen (secondary N) is 2. The topological polar surface area (TPSA) is 95.6 Å². The Morgan fingerprint density at radius 1 is 1.08 bits per heavy atom. The Morgan fingerprint density at radius 2 is 1.81 bits per heavy atom. The van der Waals surface area contributed by atoms with Crippen LogP contribution in [0.4, 0.5) is 0 Å². The lowest BCUT2D eigenvalue weighted by Gasteiger charge is -2.33. The van der Waals surface area contributed by atoms with Crippen molar-refractivity contribution in [3.63, 3.8) is 0 Å². The van der Waals surface area contributed by atoms with Gasteiger partial charge in [-0.2, -0.15) is 0 Å². The molecule has 0 aromatic heterocycles. The molecule has 8 heteroatoms. The highest BCUT2D eigenvalue weighted by molar-refractivity contribution is 7.89. The number of amides is 2. The predicted octanol–water partition coefficient (Wildman–Crippen LogP) is 1.55. The molecule has 0 aliphatic carbocycles. The summed E-state index contributed by atoms with van der Waals surface area (Å²) in [5, 5.41) is 1.71. The number of carbonyl (C=O) groups is 2. The van der Waals surface area contributed by atoms with Crippen molar-refractivity contribution in [1.29, 1.82) is 0 Å². The van der Waals surface area contributed by atoms with Gasteiger partial charge in [-0.05, 0) is 42.2 Å². The maximum Gasteiger partial charge on any atom is 0.257 e. The average Bonchev–Trinajstić information content (AvgIpc) is 2.65. The van der Waals surface area contributed by atoms with Gasteiger partial charge in [0.25, 0.3) is 15.9 Å². The van der Waals surface area contributed by atoms with Crippen LogP contribution in [0.15, 0.2) is 47.4 Å². The van der Waals surface area contributed by atoms with E-state index in [-0.39, 0.29) is 10.8 Å². The molecule has 2 amide bonds. The van der Waals surface area contributed by atoms with Gasteiger partial charge in [0.15, 0.2) is 0 Å². The van der Waals surface area contributed by atoms with Crippen LogP contribution in [0, 0.1) is 0 Å². The van der Waals surface area contributed by atoms with Crippen molar-refractivity contribution >= 4 is 32.6 Å². The molecule has 2 aromatic rings. The third kappa shape index (κ3) is 3.86. The van der Waals surface area contributed by atoms with Crippen LogP contribution < -0.4 is 10.3 Å². The van der Waals surface area contributed by atoms with Gasteiger partial charge in [0.05, 0.1) is 4.90 Å². The fourth-order valence-corrected chi connectivity index (χ4v) is 4.06. The number of sulfonamides is 1. The predicted molar refractivity (Wildman–Crippen MR) is 97.4 cm³/mol. The zero-order valence-electron chi connectivity index (χ0n) is 14.4. The molecule has 1 unspecified atom stereocenters. The highest BCUT2D eigenvalue weighted by atomic mass is 32.2. The van der Waals surface area contributed by atoms with Crippen LogP contribution in [-0.4, -0.2) is 37.7 Å². The Balaban J connectivity index is 1.72. The van der Waals surface area contributed by atoms with Gasteiger partial charge in [-0.25, -0.2) is 8.42 Å². The molecule has 138 valence electrons. The highest BCUT2D eigenvalue weighted by Gasteiger charge is 2.31.